The first kappa shape index (κ1) is 28.7. The Balaban J connectivity index is 2.67. The molecular formula is C22H36N2O8P2. The Kier molecular flexibility index (Phi) is 10.1. The lowest BCUT2D eigenvalue weighted by atomic mass is 10.2. The van der Waals surface area contributed by atoms with Crippen LogP contribution in [0.3, 0.4) is 0 Å². The number of nitrogens with zero attached hydrogens (tertiary/aromatic N) is 2. The largest absolute Gasteiger partial charge is 0.443 e. The van der Waals surface area contributed by atoms with E-state index in [4.69, 9.17) is 22.8 Å². The van der Waals surface area contributed by atoms with Crippen LogP contribution < -0.4 is 0 Å². The molecule has 2 rings (SSSR count). The fourth-order valence-corrected chi connectivity index (χ4v) is 8.80. The third-order valence-electron chi connectivity index (χ3n) is 4.65. The van der Waals surface area contributed by atoms with Gasteiger partial charge >= 0.3 is 21.3 Å². The summed E-state index contributed by atoms with van der Waals surface area (Å²) in [4.78, 5) is 17.1. The molecule has 0 saturated carbocycles. The zero-order valence-corrected chi connectivity index (χ0v) is 22.8. The number of aromatic nitrogens is 2. The number of carbonyl (C=O) groups is 1. The predicted octanol–water partition coefficient (Wildman–Crippen LogP) is 6.22. The number of rotatable bonds is 12. The Morgan fingerprint density at radius 3 is 1.91 bits per heavy atom. The van der Waals surface area contributed by atoms with E-state index in [1.54, 1.807) is 73.1 Å². The number of hydrogen-bond acceptors (Lipinski definition) is 9. The minimum atomic E-state index is -3.96. The van der Waals surface area contributed by atoms with Gasteiger partial charge in [-0.2, -0.15) is 0 Å². The molecule has 0 unspecified atom stereocenters. The van der Waals surface area contributed by atoms with E-state index >= 15 is 0 Å². The molecular weight excluding hydrogens is 482 g/mol. The fraction of sp³-hybridized carbons (Fsp3) is 0.636. The maximum absolute atomic E-state index is 13.9. The molecule has 0 bridgehead atoms. The molecule has 12 heteroatoms. The Bertz CT molecular complexity index is 1010. The van der Waals surface area contributed by atoms with E-state index in [0.29, 0.717) is 16.5 Å². The van der Waals surface area contributed by atoms with Crippen LogP contribution in [0, 0.1) is 0 Å². The van der Waals surface area contributed by atoms with Crippen molar-refractivity contribution in [1.29, 1.82) is 0 Å². The second-order valence-electron chi connectivity index (χ2n) is 8.33. The minimum Gasteiger partial charge on any atom is -0.443 e. The van der Waals surface area contributed by atoms with Crippen LogP contribution in [0.5, 0.6) is 0 Å². The molecule has 0 aliphatic heterocycles. The molecule has 0 N–H and O–H groups in total. The van der Waals surface area contributed by atoms with E-state index in [9.17, 15) is 13.9 Å². The summed E-state index contributed by atoms with van der Waals surface area (Å²) in [6.07, 6.45) is 4.06. The van der Waals surface area contributed by atoms with Crippen LogP contribution in [0.1, 0.15) is 54.0 Å². The predicted molar refractivity (Wildman–Crippen MR) is 131 cm³/mol. The average molecular weight is 518 g/mol. The summed E-state index contributed by atoms with van der Waals surface area (Å²) in [5, 5.41) is -0.643. The van der Waals surface area contributed by atoms with Crippen molar-refractivity contribution in [1.82, 2.24) is 9.55 Å². The summed E-state index contributed by atoms with van der Waals surface area (Å²) in [6, 6.07) is 1.67. The summed E-state index contributed by atoms with van der Waals surface area (Å²) in [6.45, 7) is 12.3. The molecule has 0 aliphatic carbocycles. The first-order valence-corrected chi connectivity index (χ1v) is 14.6. The molecule has 2 aromatic heterocycles. The number of carbonyl (C=O) groups excluding carboxylic acids is 1. The molecule has 0 spiro atoms. The van der Waals surface area contributed by atoms with E-state index < -0.39 is 32.3 Å². The third-order valence-corrected chi connectivity index (χ3v) is 10.6. The summed E-state index contributed by atoms with van der Waals surface area (Å²) >= 11 is 0. The van der Waals surface area contributed by atoms with Crippen molar-refractivity contribution in [3.05, 3.63) is 30.2 Å². The van der Waals surface area contributed by atoms with Gasteiger partial charge in [0, 0.05) is 30.4 Å². The second-order valence-corrected chi connectivity index (χ2v) is 13.2. The fourth-order valence-electron chi connectivity index (χ4n) is 3.50. The highest BCUT2D eigenvalue weighted by Gasteiger charge is 2.51. The van der Waals surface area contributed by atoms with Gasteiger partial charge in [-0.05, 0) is 60.1 Å². The number of ether oxygens (including phenoxy) is 1. The zero-order valence-electron chi connectivity index (χ0n) is 21.0. The smallest absolute Gasteiger partial charge is 0.419 e. The molecule has 0 amide bonds. The van der Waals surface area contributed by atoms with Crippen LogP contribution in [0.25, 0.3) is 10.9 Å². The third kappa shape index (κ3) is 6.78. The Morgan fingerprint density at radius 1 is 0.971 bits per heavy atom. The van der Waals surface area contributed by atoms with Crippen molar-refractivity contribution < 1.29 is 36.8 Å². The quantitative estimate of drug-likeness (QED) is 0.302. The van der Waals surface area contributed by atoms with Crippen molar-refractivity contribution in [2.24, 2.45) is 0 Å². The number of pyridine rings is 1. The number of hydrogen-bond donors (Lipinski definition) is 0. The summed E-state index contributed by atoms with van der Waals surface area (Å²) in [5.41, 5.74) is 0.393. The van der Waals surface area contributed by atoms with Crippen LogP contribution in [-0.4, -0.2) is 53.1 Å². The second kappa shape index (κ2) is 11.9. The van der Waals surface area contributed by atoms with E-state index in [1.807, 2.05) is 0 Å². The van der Waals surface area contributed by atoms with E-state index in [2.05, 4.69) is 4.98 Å². The lowest BCUT2D eigenvalue weighted by molar-refractivity contribution is 0.0544. The Labute approximate surface area is 201 Å². The van der Waals surface area contributed by atoms with Crippen molar-refractivity contribution in [2.45, 2.75) is 65.9 Å². The normalized spacial score (nSPS) is 13.1. The highest BCUT2D eigenvalue weighted by molar-refractivity contribution is 7.72. The highest BCUT2D eigenvalue weighted by Crippen LogP contribution is 2.71. The molecule has 0 fully saturated rings. The first-order valence-electron chi connectivity index (χ1n) is 11.4. The van der Waals surface area contributed by atoms with Crippen LogP contribution in [-0.2, 0) is 38.4 Å². The lowest BCUT2D eigenvalue weighted by Crippen LogP contribution is -2.26. The van der Waals surface area contributed by atoms with E-state index in [-0.39, 0.29) is 32.8 Å². The summed E-state index contributed by atoms with van der Waals surface area (Å²) < 4.78 is 56.9. The molecule has 0 saturated heterocycles. The van der Waals surface area contributed by atoms with Crippen LogP contribution in [0.15, 0.2) is 24.7 Å². The molecule has 10 nitrogen and oxygen atoms in total. The molecule has 0 aromatic carbocycles. The molecule has 0 atom stereocenters. The van der Waals surface area contributed by atoms with Gasteiger partial charge in [-0.1, -0.05) is 0 Å². The van der Waals surface area contributed by atoms with Gasteiger partial charge < -0.3 is 22.8 Å². The van der Waals surface area contributed by atoms with Gasteiger partial charge in [0.15, 0.2) is 5.40 Å². The molecule has 192 valence electrons. The maximum Gasteiger partial charge on any atom is 0.419 e. The van der Waals surface area contributed by atoms with Gasteiger partial charge in [0.05, 0.1) is 31.9 Å². The summed E-state index contributed by atoms with van der Waals surface area (Å²) in [5.74, 6) is 0. The van der Waals surface area contributed by atoms with Gasteiger partial charge in [-0.25, -0.2) is 4.79 Å². The van der Waals surface area contributed by atoms with E-state index in [1.165, 1.54) is 4.57 Å². The highest BCUT2D eigenvalue weighted by atomic mass is 31.2. The molecule has 0 radical (unpaired) electrons. The van der Waals surface area contributed by atoms with Gasteiger partial charge in [0.25, 0.3) is 0 Å². The first-order chi connectivity index (χ1) is 15.9. The number of fused-ring (bicyclic) bond motifs is 1. The lowest BCUT2D eigenvalue weighted by Gasteiger charge is -2.31. The molecule has 34 heavy (non-hydrogen) atoms. The van der Waals surface area contributed by atoms with Crippen molar-refractivity contribution >= 4 is 32.2 Å². The monoisotopic (exact) mass is 518 g/mol. The van der Waals surface area contributed by atoms with E-state index in [0.717, 1.165) is 0 Å². The zero-order chi connectivity index (χ0) is 25.6. The Hall–Kier alpha value is -1.54. The van der Waals surface area contributed by atoms with Gasteiger partial charge in [-0.15, -0.1) is 0 Å². The summed E-state index contributed by atoms with van der Waals surface area (Å²) in [7, 11) is -7.92. The van der Waals surface area contributed by atoms with Crippen LogP contribution in [0.4, 0.5) is 4.79 Å². The SMILES string of the molecule is CCOP(=O)(OCC)C(Cc1cn(C(=O)OC(C)(C)C)c2ccncc12)P(=O)(OCC)OCC. The molecule has 2 heterocycles. The molecule has 0 aliphatic rings. The Morgan fingerprint density at radius 2 is 1.47 bits per heavy atom. The standard InChI is InChI=1S/C22H36N2O8P2/c1-8-28-33(26,29-9-2)20(34(27,30-10-3)31-11-4)14-17-16-24(21(25)32-22(5,6)7)19-12-13-23-15-18(17)19/h12-13,15-16,20H,8-11,14H2,1-7H3. The van der Waals surface area contributed by atoms with Crippen molar-refractivity contribution in [2.75, 3.05) is 26.4 Å². The maximum atomic E-state index is 13.9. The van der Waals surface area contributed by atoms with Crippen molar-refractivity contribution in [3.63, 3.8) is 0 Å². The van der Waals surface area contributed by atoms with Gasteiger partial charge in [0.1, 0.15) is 5.60 Å². The molecule has 2 aromatic rings. The van der Waals surface area contributed by atoms with Crippen LogP contribution in [0.2, 0.25) is 0 Å². The van der Waals surface area contributed by atoms with Gasteiger partial charge in [0.2, 0.25) is 0 Å². The van der Waals surface area contributed by atoms with Crippen LogP contribution >= 0.6 is 15.2 Å². The topological polar surface area (TPSA) is 115 Å². The average Bonchev–Trinajstić information content (AvgIpc) is 3.10. The van der Waals surface area contributed by atoms with Crippen molar-refractivity contribution in [3.8, 4) is 0 Å². The minimum absolute atomic E-state index is 0.0629. The van der Waals surface area contributed by atoms with Gasteiger partial charge in [-0.3, -0.25) is 18.7 Å².